The molecule has 3 N–H and O–H groups in total. The Bertz CT molecular complexity index is 640. The zero-order valence-electron chi connectivity index (χ0n) is 15.6. The summed E-state index contributed by atoms with van der Waals surface area (Å²) in [5.74, 6) is 2.39. The number of rotatable bonds is 9. The van der Waals surface area contributed by atoms with Crippen molar-refractivity contribution in [1.82, 2.24) is 20.9 Å². The van der Waals surface area contributed by atoms with Crippen molar-refractivity contribution in [2.45, 2.75) is 32.4 Å². The lowest BCUT2D eigenvalue weighted by Gasteiger charge is -2.25. The summed E-state index contributed by atoms with van der Waals surface area (Å²) in [6, 6.07) is 7.79. The van der Waals surface area contributed by atoms with Crippen molar-refractivity contribution in [3.8, 4) is 12.1 Å². The number of nitriles is 2. The third kappa shape index (κ3) is 8.55. The minimum Gasteiger partial charge on any atom is -0.463 e. The summed E-state index contributed by atoms with van der Waals surface area (Å²) in [5.41, 5.74) is 0.0517. The standard InChI is InChI=1S/C18H26N6O.2ClH/c1-21-18(15(11-19)12-20)23-8-7-22-13-16-5-6-17(25-16)14-24-9-3-2-4-10-24;;/h5-6,21-23H,2-4,7-10,13-14H2,1H3;2*1H. The highest BCUT2D eigenvalue weighted by Crippen LogP contribution is 2.15. The molecule has 1 saturated heterocycles. The zero-order valence-corrected chi connectivity index (χ0v) is 17.2. The predicted molar refractivity (Wildman–Crippen MR) is 109 cm³/mol. The van der Waals surface area contributed by atoms with Crippen LogP contribution in [0.4, 0.5) is 0 Å². The number of allylic oxidation sites excluding steroid dienone is 1. The molecule has 0 bridgehead atoms. The molecule has 9 heteroatoms. The summed E-state index contributed by atoms with van der Waals surface area (Å²) >= 11 is 0. The van der Waals surface area contributed by atoms with Crippen LogP contribution < -0.4 is 16.0 Å². The van der Waals surface area contributed by atoms with E-state index in [9.17, 15) is 0 Å². The Morgan fingerprint density at radius 1 is 1.07 bits per heavy atom. The van der Waals surface area contributed by atoms with Gasteiger partial charge >= 0.3 is 0 Å². The number of nitrogens with zero attached hydrogens (tertiary/aromatic N) is 3. The van der Waals surface area contributed by atoms with Crippen molar-refractivity contribution in [1.29, 1.82) is 10.5 Å². The van der Waals surface area contributed by atoms with Crippen LogP contribution in [-0.2, 0) is 13.1 Å². The first-order chi connectivity index (χ1) is 12.3. The first kappa shape index (κ1) is 25.1. The Morgan fingerprint density at radius 3 is 2.37 bits per heavy atom. The van der Waals surface area contributed by atoms with E-state index in [0.29, 0.717) is 25.5 Å². The average Bonchev–Trinajstić information content (AvgIpc) is 3.08. The monoisotopic (exact) mass is 414 g/mol. The van der Waals surface area contributed by atoms with Gasteiger partial charge in [-0.05, 0) is 38.1 Å². The van der Waals surface area contributed by atoms with E-state index >= 15 is 0 Å². The van der Waals surface area contributed by atoms with E-state index in [1.165, 1.54) is 19.3 Å². The maximum absolute atomic E-state index is 8.86. The first-order valence-corrected chi connectivity index (χ1v) is 8.73. The van der Waals surface area contributed by atoms with Gasteiger partial charge in [-0.1, -0.05) is 6.42 Å². The quantitative estimate of drug-likeness (QED) is 0.420. The molecule has 1 fully saturated rings. The molecule has 1 aliphatic rings. The summed E-state index contributed by atoms with van der Waals surface area (Å²) in [6.45, 7) is 5.16. The average molecular weight is 415 g/mol. The molecule has 2 rings (SSSR count). The van der Waals surface area contributed by atoms with Crippen LogP contribution in [0.5, 0.6) is 0 Å². The largest absolute Gasteiger partial charge is 0.463 e. The van der Waals surface area contributed by atoms with Gasteiger partial charge in [0.25, 0.3) is 0 Å². The first-order valence-electron chi connectivity index (χ1n) is 8.73. The lowest BCUT2D eigenvalue weighted by molar-refractivity contribution is 0.203. The number of likely N-dealkylation sites (tertiary alicyclic amines) is 1. The van der Waals surface area contributed by atoms with Crippen LogP contribution >= 0.6 is 24.8 Å². The number of nitrogens with one attached hydrogen (secondary N) is 3. The molecule has 0 spiro atoms. The molecule has 27 heavy (non-hydrogen) atoms. The van der Waals surface area contributed by atoms with E-state index in [2.05, 4.69) is 26.9 Å². The van der Waals surface area contributed by atoms with Crippen LogP contribution in [0.15, 0.2) is 27.9 Å². The summed E-state index contributed by atoms with van der Waals surface area (Å²) in [7, 11) is 1.68. The molecule has 0 aromatic carbocycles. The van der Waals surface area contributed by atoms with E-state index in [0.717, 1.165) is 31.2 Å². The van der Waals surface area contributed by atoms with Crippen molar-refractivity contribution in [3.05, 3.63) is 35.0 Å². The minimum atomic E-state index is 0. The Morgan fingerprint density at radius 2 is 1.74 bits per heavy atom. The van der Waals surface area contributed by atoms with Gasteiger partial charge in [-0.2, -0.15) is 10.5 Å². The summed E-state index contributed by atoms with van der Waals surface area (Å²) < 4.78 is 5.88. The van der Waals surface area contributed by atoms with Gasteiger partial charge in [-0.15, -0.1) is 24.8 Å². The van der Waals surface area contributed by atoms with Gasteiger partial charge in [0.1, 0.15) is 29.5 Å². The minimum absolute atomic E-state index is 0. The second kappa shape index (κ2) is 14.2. The number of furan rings is 1. The van der Waals surface area contributed by atoms with Crippen LogP contribution in [0.3, 0.4) is 0 Å². The Balaban J connectivity index is 0.00000338. The maximum atomic E-state index is 8.86. The maximum Gasteiger partial charge on any atom is 0.169 e. The molecular weight excluding hydrogens is 387 g/mol. The molecular formula is C18H28Cl2N6O. The molecule has 1 aromatic heterocycles. The number of piperidine rings is 1. The van der Waals surface area contributed by atoms with Crippen LogP contribution in [0.1, 0.15) is 30.8 Å². The van der Waals surface area contributed by atoms with Crippen molar-refractivity contribution in [2.75, 3.05) is 33.2 Å². The topological polar surface area (TPSA) is 100 Å². The van der Waals surface area contributed by atoms with Gasteiger partial charge < -0.3 is 20.4 Å². The second-order valence-electron chi connectivity index (χ2n) is 6.03. The highest BCUT2D eigenvalue weighted by molar-refractivity contribution is 5.85. The van der Waals surface area contributed by atoms with Crippen molar-refractivity contribution < 1.29 is 4.42 Å². The lowest BCUT2D eigenvalue weighted by Crippen LogP contribution is -2.31. The molecule has 2 heterocycles. The highest BCUT2D eigenvalue weighted by atomic mass is 35.5. The summed E-state index contributed by atoms with van der Waals surface area (Å²) in [5, 5.41) is 26.9. The fraction of sp³-hybridized carbons (Fsp3) is 0.556. The van der Waals surface area contributed by atoms with Crippen LogP contribution in [-0.4, -0.2) is 38.1 Å². The van der Waals surface area contributed by atoms with Gasteiger partial charge in [0.15, 0.2) is 5.57 Å². The molecule has 7 nitrogen and oxygen atoms in total. The lowest BCUT2D eigenvalue weighted by atomic mass is 10.1. The molecule has 150 valence electrons. The summed E-state index contributed by atoms with van der Waals surface area (Å²) in [6.07, 6.45) is 3.90. The van der Waals surface area contributed by atoms with E-state index in [4.69, 9.17) is 14.9 Å². The van der Waals surface area contributed by atoms with E-state index in [1.807, 2.05) is 18.2 Å². The highest BCUT2D eigenvalue weighted by Gasteiger charge is 2.12. The normalized spacial score (nSPS) is 13.3. The molecule has 0 saturated carbocycles. The molecule has 1 aromatic rings. The van der Waals surface area contributed by atoms with Crippen molar-refractivity contribution >= 4 is 24.8 Å². The molecule has 0 amide bonds. The smallest absolute Gasteiger partial charge is 0.169 e. The number of halogens is 2. The fourth-order valence-electron chi connectivity index (χ4n) is 2.87. The number of hydrogen-bond donors (Lipinski definition) is 3. The van der Waals surface area contributed by atoms with E-state index in [-0.39, 0.29) is 30.4 Å². The molecule has 1 aliphatic heterocycles. The van der Waals surface area contributed by atoms with Crippen LogP contribution in [0, 0.1) is 22.7 Å². The van der Waals surface area contributed by atoms with Gasteiger partial charge in [0, 0.05) is 20.1 Å². The number of hydrogen-bond acceptors (Lipinski definition) is 7. The predicted octanol–water partition coefficient (Wildman–Crippen LogP) is 2.27. The Hall–Kier alpha value is -1.90. The Kier molecular flexibility index (Phi) is 13.2. The molecule has 0 unspecified atom stereocenters. The van der Waals surface area contributed by atoms with Crippen LogP contribution in [0.2, 0.25) is 0 Å². The molecule has 0 radical (unpaired) electrons. The van der Waals surface area contributed by atoms with E-state index in [1.54, 1.807) is 7.05 Å². The third-order valence-electron chi connectivity index (χ3n) is 4.17. The van der Waals surface area contributed by atoms with Crippen LogP contribution in [0.25, 0.3) is 0 Å². The van der Waals surface area contributed by atoms with Gasteiger partial charge in [0.05, 0.1) is 13.1 Å². The summed E-state index contributed by atoms with van der Waals surface area (Å²) in [4.78, 5) is 2.44. The SMILES string of the molecule is CNC(NCCNCc1ccc(CN2CCCCC2)o1)=C(C#N)C#N.Cl.Cl. The van der Waals surface area contributed by atoms with Gasteiger partial charge in [-0.3, -0.25) is 4.90 Å². The van der Waals surface area contributed by atoms with Gasteiger partial charge in [0.2, 0.25) is 0 Å². The molecule has 0 aliphatic carbocycles. The van der Waals surface area contributed by atoms with Crippen molar-refractivity contribution in [3.63, 3.8) is 0 Å². The third-order valence-corrected chi connectivity index (χ3v) is 4.17. The Labute approximate surface area is 173 Å². The zero-order chi connectivity index (χ0) is 17.9. The van der Waals surface area contributed by atoms with Gasteiger partial charge in [-0.25, -0.2) is 0 Å². The fourth-order valence-corrected chi connectivity index (χ4v) is 2.87. The molecule has 0 atom stereocenters. The van der Waals surface area contributed by atoms with E-state index < -0.39 is 0 Å². The van der Waals surface area contributed by atoms with Crippen molar-refractivity contribution in [2.24, 2.45) is 0 Å². The second-order valence-corrected chi connectivity index (χ2v) is 6.03.